The van der Waals surface area contributed by atoms with E-state index >= 15 is 0 Å². The van der Waals surface area contributed by atoms with Crippen LogP contribution in [0.5, 0.6) is 5.75 Å². The van der Waals surface area contributed by atoms with Crippen molar-refractivity contribution in [3.63, 3.8) is 0 Å². The molecule has 0 N–H and O–H groups in total. The summed E-state index contributed by atoms with van der Waals surface area (Å²) < 4.78 is 6.92. The van der Waals surface area contributed by atoms with Gasteiger partial charge in [-0.15, -0.1) is 0 Å². The number of nitro groups is 1. The molecule has 3 atom stereocenters. The number of ether oxygens (including phenoxy) is 1. The molecule has 2 fully saturated rings. The Labute approximate surface area is 188 Å². The Balaban J connectivity index is 2.22. The van der Waals surface area contributed by atoms with Crippen molar-refractivity contribution in [2.45, 2.75) is 51.2 Å². The lowest BCUT2D eigenvalue weighted by molar-refractivity contribution is -0.485. The zero-order valence-electron chi connectivity index (χ0n) is 17.4. The van der Waals surface area contributed by atoms with Crippen LogP contribution in [-0.4, -0.2) is 59.6 Å². The molecule has 2 aliphatic rings. The Morgan fingerprint density at radius 3 is 2.55 bits per heavy atom. The van der Waals surface area contributed by atoms with Gasteiger partial charge in [0, 0.05) is 23.0 Å². The van der Waals surface area contributed by atoms with Gasteiger partial charge >= 0.3 is 0 Å². The molecule has 1 aromatic rings. The minimum atomic E-state index is -0.929. The molecular weight excluding hydrogens is 506 g/mol. The normalized spacial score (nSPS) is 26.0. The largest absolute Gasteiger partial charge is 0.496 e. The molecule has 1 aromatic carbocycles. The van der Waals surface area contributed by atoms with Crippen molar-refractivity contribution in [2.24, 2.45) is 5.41 Å². The van der Waals surface area contributed by atoms with Crippen LogP contribution in [-0.2, 0) is 4.79 Å². The Kier molecular flexibility index (Phi) is 6.06. The summed E-state index contributed by atoms with van der Waals surface area (Å²) in [5.41, 5.74) is -0.379. The lowest BCUT2D eigenvalue weighted by Crippen LogP contribution is -2.54. The molecule has 0 spiro atoms. The number of carbonyl (C=O) groups excluding carboxylic acids is 1. The minimum absolute atomic E-state index is 0.0319. The fraction of sp³-hybridized carbons (Fsp3) is 0.650. The van der Waals surface area contributed by atoms with E-state index in [0.29, 0.717) is 12.2 Å². The second-order valence-corrected chi connectivity index (χ2v) is 10.7. The zero-order chi connectivity index (χ0) is 21.7. The lowest BCUT2D eigenvalue weighted by Gasteiger charge is -2.41. The van der Waals surface area contributed by atoms with Crippen molar-refractivity contribution < 1.29 is 14.5 Å². The topological polar surface area (TPSA) is 75.9 Å². The van der Waals surface area contributed by atoms with Gasteiger partial charge < -0.3 is 9.64 Å². The molecule has 0 saturated carbocycles. The maximum Gasteiger partial charge on any atom is 0.245 e. The Hall–Kier alpha value is -1.19. The van der Waals surface area contributed by atoms with Gasteiger partial charge in [-0.1, -0.05) is 36.7 Å². The smallest absolute Gasteiger partial charge is 0.245 e. The van der Waals surface area contributed by atoms with Gasteiger partial charge in [0.05, 0.1) is 23.7 Å². The minimum Gasteiger partial charge on any atom is -0.496 e. The zero-order valence-corrected chi connectivity index (χ0v) is 20.5. The number of likely N-dealkylation sites (N-methyl/N-ethyl adjacent to an activating group) is 1. The molecule has 0 aliphatic carbocycles. The van der Waals surface area contributed by atoms with Crippen molar-refractivity contribution in [1.29, 1.82) is 0 Å². The first-order chi connectivity index (χ1) is 13.4. The van der Waals surface area contributed by atoms with Gasteiger partial charge in [0.15, 0.2) is 0 Å². The molecule has 0 aromatic heterocycles. The van der Waals surface area contributed by atoms with Crippen LogP contribution in [0.2, 0.25) is 0 Å². The van der Waals surface area contributed by atoms with Crippen LogP contribution in [0, 0.1) is 15.5 Å². The number of carbonyl (C=O) groups is 1. The van der Waals surface area contributed by atoms with Crippen LogP contribution in [0.3, 0.4) is 0 Å². The summed E-state index contributed by atoms with van der Waals surface area (Å²) in [6.07, 6.45) is 1.33. The third-order valence-corrected chi connectivity index (χ3v) is 7.46. The SMILES string of the molecule is COc1cc([C@@H](C[N+](=O)[O-])[C@]23CCCN2[C@@H](C(C)(C)C)N(C)C3=O)c(Br)cc1Br. The van der Waals surface area contributed by atoms with Crippen LogP contribution >= 0.6 is 31.9 Å². The first-order valence-electron chi connectivity index (χ1n) is 9.64. The molecule has 2 heterocycles. The number of hydrogen-bond acceptors (Lipinski definition) is 5. The number of rotatable bonds is 5. The van der Waals surface area contributed by atoms with Crippen LogP contribution in [0.1, 0.15) is 45.1 Å². The van der Waals surface area contributed by atoms with Gasteiger partial charge in [-0.2, -0.15) is 0 Å². The highest BCUT2D eigenvalue weighted by atomic mass is 79.9. The first kappa shape index (κ1) is 22.5. The van der Waals surface area contributed by atoms with E-state index in [-0.39, 0.29) is 29.0 Å². The van der Waals surface area contributed by atoms with Gasteiger partial charge in [-0.05, 0) is 51.9 Å². The Bertz CT molecular complexity index is 842. The predicted molar refractivity (Wildman–Crippen MR) is 118 cm³/mol. The number of hydrogen-bond donors (Lipinski definition) is 0. The lowest BCUT2D eigenvalue weighted by atomic mass is 9.76. The monoisotopic (exact) mass is 531 g/mol. The summed E-state index contributed by atoms with van der Waals surface area (Å²) in [5, 5.41) is 11.7. The van der Waals surface area contributed by atoms with E-state index in [4.69, 9.17) is 4.74 Å². The number of halogens is 2. The molecule has 0 bridgehead atoms. The van der Waals surface area contributed by atoms with Crippen LogP contribution in [0.15, 0.2) is 21.1 Å². The van der Waals surface area contributed by atoms with E-state index in [1.807, 2.05) is 19.2 Å². The number of fused-ring (bicyclic) bond motifs is 1. The van der Waals surface area contributed by atoms with Crippen molar-refractivity contribution in [3.8, 4) is 5.75 Å². The number of nitrogens with zero attached hydrogens (tertiary/aromatic N) is 3. The van der Waals surface area contributed by atoms with Gasteiger partial charge in [-0.25, -0.2) is 0 Å². The third kappa shape index (κ3) is 3.59. The molecule has 0 unspecified atom stereocenters. The van der Waals surface area contributed by atoms with Gasteiger partial charge in [0.2, 0.25) is 12.5 Å². The van der Waals surface area contributed by atoms with Gasteiger partial charge in [0.25, 0.3) is 0 Å². The molecule has 2 saturated heterocycles. The van der Waals surface area contributed by atoms with E-state index in [2.05, 4.69) is 57.5 Å². The van der Waals surface area contributed by atoms with E-state index in [0.717, 1.165) is 27.5 Å². The van der Waals surface area contributed by atoms with Crippen molar-refractivity contribution in [1.82, 2.24) is 9.80 Å². The summed E-state index contributed by atoms with van der Waals surface area (Å²) in [4.78, 5) is 29.1. The summed E-state index contributed by atoms with van der Waals surface area (Å²) in [6, 6.07) is 3.65. The fourth-order valence-corrected chi connectivity index (χ4v) is 6.69. The van der Waals surface area contributed by atoms with Crippen molar-refractivity contribution in [2.75, 3.05) is 27.2 Å². The summed E-state index contributed by atoms with van der Waals surface area (Å²) >= 11 is 7.04. The maximum atomic E-state index is 13.7. The summed E-state index contributed by atoms with van der Waals surface area (Å²) in [7, 11) is 3.38. The molecule has 9 heteroatoms. The number of methoxy groups -OCH3 is 1. The second kappa shape index (κ2) is 7.81. The molecule has 160 valence electrons. The molecule has 1 amide bonds. The average Bonchev–Trinajstić information content (AvgIpc) is 3.11. The highest BCUT2D eigenvalue weighted by Crippen LogP contribution is 2.53. The molecule has 7 nitrogen and oxygen atoms in total. The quantitative estimate of drug-likeness (QED) is 0.418. The van der Waals surface area contributed by atoms with Gasteiger partial charge in [0.1, 0.15) is 11.3 Å². The highest BCUT2D eigenvalue weighted by molar-refractivity contribution is 9.11. The van der Waals surface area contributed by atoms with Crippen LogP contribution in [0.4, 0.5) is 0 Å². The van der Waals surface area contributed by atoms with E-state index in [1.165, 1.54) is 0 Å². The standard InChI is InChI=1S/C20H27Br2N3O4/c1-19(2,3)17-23(4)18(26)20(7-6-8-24(17)20)13(11-25(27)28)12-9-16(29-5)15(22)10-14(12)21/h9-10,13,17H,6-8,11H2,1-5H3/t13-,17+,20+/m1/s1. The number of amides is 1. The van der Waals surface area contributed by atoms with Crippen molar-refractivity contribution >= 4 is 37.8 Å². The Morgan fingerprint density at radius 1 is 1.34 bits per heavy atom. The summed E-state index contributed by atoms with van der Waals surface area (Å²) in [6.45, 7) is 6.75. The third-order valence-electron chi connectivity index (χ3n) is 6.15. The maximum absolute atomic E-state index is 13.7. The van der Waals surface area contributed by atoms with Crippen molar-refractivity contribution in [3.05, 3.63) is 36.8 Å². The molecule has 29 heavy (non-hydrogen) atoms. The average molecular weight is 533 g/mol. The molecule has 0 radical (unpaired) electrons. The first-order valence-corrected chi connectivity index (χ1v) is 11.2. The number of benzene rings is 1. The highest BCUT2D eigenvalue weighted by Gasteiger charge is 2.65. The predicted octanol–water partition coefficient (Wildman–Crippen LogP) is 4.26. The van der Waals surface area contributed by atoms with Crippen LogP contribution in [0.25, 0.3) is 0 Å². The van der Waals surface area contributed by atoms with Gasteiger partial charge in [-0.3, -0.25) is 19.8 Å². The summed E-state index contributed by atoms with van der Waals surface area (Å²) in [5.74, 6) is -0.0436. The van der Waals surface area contributed by atoms with E-state index < -0.39 is 11.5 Å². The Morgan fingerprint density at radius 2 is 2.00 bits per heavy atom. The molecule has 2 aliphatic heterocycles. The molecule has 3 rings (SSSR count). The van der Waals surface area contributed by atoms with E-state index in [1.54, 1.807) is 12.0 Å². The van der Waals surface area contributed by atoms with E-state index in [9.17, 15) is 14.9 Å². The fourth-order valence-electron chi connectivity index (χ4n) is 5.25. The second-order valence-electron chi connectivity index (χ2n) is 8.95. The molecular formula is C20H27Br2N3O4. The van der Waals surface area contributed by atoms with Crippen LogP contribution < -0.4 is 4.74 Å².